The van der Waals surface area contributed by atoms with Crippen molar-refractivity contribution in [3.8, 4) is 11.8 Å². The van der Waals surface area contributed by atoms with Crippen molar-refractivity contribution in [2.45, 2.75) is 38.9 Å². The van der Waals surface area contributed by atoms with E-state index >= 15 is 0 Å². The zero-order chi connectivity index (χ0) is 27.4. The van der Waals surface area contributed by atoms with Crippen LogP contribution in [0.4, 0.5) is 18.9 Å². The first kappa shape index (κ1) is 27.7. The van der Waals surface area contributed by atoms with Crippen LogP contribution in [-0.2, 0) is 11.0 Å². The summed E-state index contributed by atoms with van der Waals surface area (Å²) in [5.41, 5.74) is -0.878. The monoisotopic (exact) mass is 530 g/mol. The second-order valence-corrected chi connectivity index (χ2v) is 9.18. The molecule has 2 aromatic rings. The van der Waals surface area contributed by atoms with Gasteiger partial charge in [0.25, 0.3) is 5.91 Å². The number of hydrogen-bond donors (Lipinski definition) is 1. The van der Waals surface area contributed by atoms with E-state index in [1.807, 2.05) is 25.1 Å². The number of ether oxygens (including phenoxy) is 1. The molecule has 0 aliphatic carbocycles. The maximum absolute atomic E-state index is 13.5. The zero-order valence-corrected chi connectivity index (χ0v) is 21.2. The molecule has 7 nitrogen and oxygen atoms in total. The van der Waals surface area contributed by atoms with Crippen molar-refractivity contribution in [2.24, 2.45) is 5.16 Å². The van der Waals surface area contributed by atoms with E-state index in [9.17, 15) is 18.0 Å². The number of carbonyl (C=O) groups is 1. The Morgan fingerprint density at radius 1 is 1.24 bits per heavy atom. The third-order valence-corrected chi connectivity index (χ3v) is 6.39. The Kier molecular flexibility index (Phi) is 8.23. The van der Waals surface area contributed by atoms with Gasteiger partial charge in [-0.25, -0.2) is 0 Å². The van der Waals surface area contributed by atoms with E-state index in [-0.39, 0.29) is 10.8 Å². The van der Waals surface area contributed by atoms with E-state index in [2.05, 4.69) is 5.16 Å². The van der Waals surface area contributed by atoms with E-state index < -0.39 is 28.7 Å². The number of hydrogen-bond acceptors (Lipinski definition) is 6. The van der Waals surface area contributed by atoms with Gasteiger partial charge in [0.2, 0.25) is 0 Å². The highest BCUT2D eigenvalue weighted by Gasteiger charge is 2.49. The molecule has 1 fully saturated rings. The van der Waals surface area contributed by atoms with Gasteiger partial charge in [-0.2, -0.15) is 18.4 Å². The second-order valence-electron chi connectivity index (χ2n) is 8.82. The van der Waals surface area contributed by atoms with Gasteiger partial charge in [-0.1, -0.05) is 17.3 Å². The molecule has 11 heteroatoms. The van der Waals surface area contributed by atoms with Crippen LogP contribution in [0.3, 0.4) is 0 Å². The normalized spacial score (nSPS) is 15.7. The van der Waals surface area contributed by atoms with Gasteiger partial charge in [-0.3, -0.25) is 9.69 Å². The Morgan fingerprint density at radius 2 is 1.97 bits per heavy atom. The van der Waals surface area contributed by atoms with Crippen LogP contribution in [0.5, 0.6) is 5.75 Å². The first-order valence-electron chi connectivity index (χ1n) is 11.3. The molecule has 0 unspecified atom stereocenters. The first-order chi connectivity index (χ1) is 17.4. The van der Waals surface area contributed by atoms with Gasteiger partial charge in [-0.15, -0.1) is 0 Å². The summed E-state index contributed by atoms with van der Waals surface area (Å²) in [5.74, 6) is 0.169. The van der Waals surface area contributed by atoms with Gasteiger partial charge in [0.15, 0.2) is 5.11 Å². The number of oxime groups is 1. The smallest absolute Gasteiger partial charge is 0.417 e. The van der Waals surface area contributed by atoms with Gasteiger partial charge in [-0.05, 0) is 86.9 Å². The lowest BCUT2D eigenvalue weighted by molar-refractivity contribution is -0.137. The predicted molar refractivity (Wildman–Crippen MR) is 138 cm³/mol. The number of nitrogens with zero attached hydrogens (tertiary/aromatic N) is 4. The fourth-order valence-corrected chi connectivity index (χ4v) is 4.44. The van der Waals surface area contributed by atoms with E-state index in [0.717, 1.165) is 28.2 Å². The van der Waals surface area contributed by atoms with Gasteiger partial charge in [0, 0.05) is 6.54 Å². The number of allylic oxidation sites excluding steroid dienone is 1. The number of thiocarbonyl (C=S) groups is 1. The number of anilines is 1. The number of carbonyl (C=O) groups excluding carboxylic acids is 1. The number of alkyl halides is 3. The highest BCUT2D eigenvalue weighted by atomic mass is 32.1. The van der Waals surface area contributed by atoms with E-state index in [1.54, 1.807) is 30.9 Å². The van der Waals surface area contributed by atoms with Crippen LogP contribution in [0, 0.1) is 18.3 Å². The molecule has 1 aliphatic rings. The third-order valence-electron chi connectivity index (χ3n) is 5.98. The van der Waals surface area contributed by atoms with Crippen molar-refractivity contribution < 1.29 is 27.9 Å². The average Bonchev–Trinajstić information content (AvgIpc) is 3.01. The summed E-state index contributed by atoms with van der Waals surface area (Å²) in [7, 11) is 0. The molecule has 3 rings (SSSR count). The molecule has 37 heavy (non-hydrogen) atoms. The summed E-state index contributed by atoms with van der Waals surface area (Å²) in [6.45, 7) is 5.89. The number of halogens is 3. The van der Waals surface area contributed by atoms with Crippen molar-refractivity contribution >= 4 is 41.2 Å². The lowest BCUT2D eigenvalue weighted by Crippen LogP contribution is -2.44. The van der Waals surface area contributed by atoms with E-state index in [1.165, 1.54) is 18.4 Å². The summed E-state index contributed by atoms with van der Waals surface area (Å²) >= 11 is 5.50. The van der Waals surface area contributed by atoms with Gasteiger partial charge in [0.1, 0.15) is 11.3 Å². The highest BCUT2D eigenvalue weighted by Crippen LogP contribution is 2.37. The summed E-state index contributed by atoms with van der Waals surface area (Å²) in [6.07, 6.45) is 0.357. The molecule has 2 aromatic carbocycles. The largest absolute Gasteiger partial charge is 0.494 e. The lowest BCUT2D eigenvalue weighted by atomic mass is 10.0. The Bertz CT molecular complexity index is 1300. The van der Waals surface area contributed by atoms with Crippen molar-refractivity contribution in [1.29, 1.82) is 5.26 Å². The number of amides is 1. The molecular weight excluding hydrogens is 505 g/mol. The number of rotatable bonds is 8. The molecule has 194 valence electrons. The van der Waals surface area contributed by atoms with Crippen LogP contribution in [0.25, 0.3) is 6.08 Å². The molecule has 0 radical (unpaired) electrons. The second kappa shape index (κ2) is 11.0. The molecule has 0 atom stereocenters. The van der Waals surface area contributed by atoms with Crippen molar-refractivity contribution in [2.75, 3.05) is 18.1 Å². The molecule has 0 spiro atoms. The average molecular weight is 531 g/mol. The molecule has 1 amide bonds. The topological polar surface area (TPSA) is 89.2 Å². The molecule has 0 aromatic heterocycles. The Morgan fingerprint density at radius 3 is 2.62 bits per heavy atom. The van der Waals surface area contributed by atoms with Crippen LogP contribution in [-0.4, -0.2) is 46.0 Å². The van der Waals surface area contributed by atoms with Gasteiger partial charge >= 0.3 is 6.18 Å². The summed E-state index contributed by atoms with van der Waals surface area (Å²) in [4.78, 5) is 15.9. The van der Waals surface area contributed by atoms with Crippen molar-refractivity contribution in [1.82, 2.24) is 4.90 Å². The predicted octanol–water partition coefficient (Wildman–Crippen LogP) is 5.54. The Balaban J connectivity index is 1.72. The van der Waals surface area contributed by atoms with Gasteiger partial charge in [0.05, 0.1) is 35.7 Å². The number of benzene rings is 2. The quantitative estimate of drug-likeness (QED) is 0.159. The van der Waals surface area contributed by atoms with E-state index in [0.29, 0.717) is 25.3 Å². The van der Waals surface area contributed by atoms with Crippen LogP contribution < -0.4 is 9.64 Å². The molecule has 1 saturated heterocycles. The maximum Gasteiger partial charge on any atom is 0.417 e. The minimum absolute atomic E-state index is 0.0420. The van der Waals surface area contributed by atoms with Crippen molar-refractivity contribution in [3.63, 3.8) is 0 Å². The molecule has 0 bridgehead atoms. The Labute approximate surface area is 218 Å². The summed E-state index contributed by atoms with van der Waals surface area (Å²) in [6, 6.07) is 10.2. The molecule has 1 heterocycles. The SMILES string of the molecule is Cc1ccc(OCCCN2C(=S)N(c3ccc(C#N)c(C(F)(F)F)c3)C(=O)C2(C)C)cc1/C=C\C=N\O. The van der Waals surface area contributed by atoms with Crippen LogP contribution in [0.1, 0.15) is 42.5 Å². The Hall–Kier alpha value is -3.91. The fraction of sp³-hybridized carbons (Fsp3) is 0.308. The van der Waals surface area contributed by atoms with Crippen LogP contribution in [0.2, 0.25) is 0 Å². The third kappa shape index (κ3) is 5.91. The minimum Gasteiger partial charge on any atom is -0.494 e. The molecular formula is C26H25F3N4O3S. The number of aryl methyl sites for hydroxylation is 1. The first-order valence-corrected chi connectivity index (χ1v) is 11.7. The van der Waals surface area contributed by atoms with Crippen LogP contribution in [0.15, 0.2) is 47.6 Å². The number of nitriles is 1. The zero-order valence-electron chi connectivity index (χ0n) is 20.4. The fourth-order valence-electron chi connectivity index (χ4n) is 3.93. The molecule has 1 N–H and O–H groups in total. The summed E-state index contributed by atoms with van der Waals surface area (Å²) < 4.78 is 46.2. The van der Waals surface area contributed by atoms with E-state index in [4.69, 9.17) is 27.4 Å². The lowest BCUT2D eigenvalue weighted by Gasteiger charge is -2.29. The van der Waals surface area contributed by atoms with Crippen molar-refractivity contribution in [3.05, 3.63) is 64.7 Å². The maximum atomic E-state index is 13.5. The highest BCUT2D eigenvalue weighted by molar-refractivity contribution is 7.80. The van der Waals surface area contributed by atoms with Crippen LogP contribution >= 0.6 is 12.2 Å². The summed E-state index contributed by atoms with van der Waals surface area (Å²) in [5, 5.41) is 20.6. The van der Waals surface area contributed by atoms with Gasteiger partial charge < -0.3 is 14.8 Å². The minimum atomic E-state index is -4.75. The standard InChI is InChI=1S/C26H25F3N4O3S/c1-17-7-10-21(14-18(17)6-4-11-31-35)36-13-5-12-32-24(37)33(23(34)25(32,2)3)20-9-8-19(16-30)22(15-20)26(27,28)29/h4,6-11,14-15,35H,5,12-13H2,1-3H3/b6-4-,31-11+. The molecule has 0 saturated carbocycles. The molecule has 1 aliphatic heterocycles.